The maximum absolute atomic E-state index is 11.5. The first kappa shape index (κ1) is 14.1. The van der Waals surface area contributed by atoms with Crippen molar-refractivity contribution in [2.24, 2.45) is 17.8 Å². The number of aliphatic hydroxyl groups is 1. The molecule has 0 spiro atoms. The number of nitrogens with one attached hydrogen (secondary N) is 2. The van der Waals surface area contributed by atoms with Crippen LogP contribution >= 0.6 is 0 Å². The number of urea groups is 1. The van der Waals surface area contributed by atoms with E-state index < -0.39 is 12.1 Å². The Labute approximate surface area is 112 Å². The Morgan fingerprint density at radius 3 is 2.58 bits per heavy atom. The molecular formula is C13H22N2O4. The van der Waals surface area contributed by atoms with Gasteiger partial charge in [0.15, 0.2) is 6.10 Å². The van der Waals surface area contributed by atoms with Crippen molar-refractivity contribution in [3.63, 3.8) is 0 Å². The van der Waals surface area contributed by atoms with Gasteiger partial charge in [0.25, 0.3) is 0 Å². The van der Waals surface area contributed by atoms with Crippen molar-refractivity contribution in [1.29, 1.82) is 0 Å². The van der Waals surface area contributed by atoms with Crippen molar-refractivity contribution in [1.82, 2.24) is 10.6 Å². The third kappa shape index (κ3) is 3.83. The molecule has 2 amide bonds. The van der Waals surface area contributed by atoms with Gasteiger partial charge < -0.3 is 20.8 Å². The molecule has 0 aliphatic heterocycles. The van der Waals surface area contributed by atoms with Crippen molar-refractivity contribution in [3.05, 3.63) is 0 Å². The number of hydrogen-bond acceptors (Lipinski definition) is 3. The van der Waals surface area contributed by atoms with Crippen LogP contribution in [0.2, 0.25) is 0 Å². The van der Waals surface area contributed by atoms with Crippen LogP contribution in [0.5, 0.6) is 0 Å². The molecule has 2 saturated carbocycles. The number of carboxylic acid groups (broad SMARTS) is 1. The van der Waals surface area contributed by atoms with Crippen LogP contribution in [0.3, 0.4) is 0 Å². The molecule has 2 aliphatic carbocycles. The summed E-state index contributed by atoms with van der Waals surface area (Å²) in [7, 11) is 0. The van der Waals surface area contributed by atoms with Gasteiger partial charge in [-0.1, -0.05) is 6.42 Å². The fourth-order valence-corrected chi connectivity index (χ4v) is 3.36. The molecule has 6 nitrogen and oxygen atoms in total. The monoisotopic (exact) mass is 270 g/mol. The second-order valence-electron chi connectivity index (χ2n) is 5.71. The van der Waals surface area contributed by atoms with Crippen molar-refractivity contribution < 1.29 is 19.8 Å². The lowest BCUT2D eigenvalue weighted by Crippen LogP contribution is -2.40. The topological polar surface area (TPSA) is 98.7 Å². The van der Waals surface area contributed by atoms with Gasteiger partial charge in [0.05, 0.1) is 0 Å². The Balaban J connectivity index is 1.56. The highest BCUT2D eigenvalue weighted by atomic mass is 16.4. The quantitative estimate of drug-likeness (QED) is 0.566. The van der Waals surface area contributed by atoms with Crippen LogP contribution in [0.4, 0.5) is 4.79 Å². The fraction of sp³-hybridized carbons (Fsp3) is 0.846. The van der Waals surface area contributed by atoms with E-state index in [-0.39, 0.29) is 19.0 Å². The number of hydrogen-bond donors (Lipinski definition) is 4. The SMILES string of the molecule is O=C(NCCC(O)C(=O)O)NCC1CC2CCC1C2. The van der Waals surface area contributed by atoms with Gasteiger partial charge in [-0.15, -0.1) is 0 Å². The fourth-order valence-electron chi connectivity index (χ4n) is 3.36. The third-order valence-corrected chi connectivity index (χ3v) is 4.40. The second kappa shape index (κ2) is 6.23. The van der Waals surface area contributed by atoms with Crippen molar-refractivity contribution >= 4 is 12.0 Å². The molecule has 6 heteroatoms. The highest BCUT2D eigenvalue weighted by Crippen LogP contribution is 2.47. The zero-order valence-corrected chi connectivity index (χ0v) is 11.0. The van der Waals surface area contributed by atoms with Crippen molar-refractivity contribution in [2.75, 3.05) is 13.1 Å². The van der Waals surface area contributed by atoms with Gasteiger partial charge >= 0.3 is 12.0 Å². The Morgan fingerprint density at radius 1 is 1.21 bits per heavy atom. The molecule has 2 fully saturated rings. The maximum atomic E-state index is 11.5. The van der Waals surface area contributed by atoms with Gasteiger partial charge in [-0.2, -0.15) is 0 Å². The Hall–Kier alpha value is -1.30. The van der Waals surface area contributed by atoms with Gasteiger partial charge in [-0.05, 0) is 37.0 Å². The van der Waals surface area contributed by atoms with E-state index in [9.17, 15) is 9.59 Å². The van der Waals surface area contributed by atoms with E-state index in [1.54, 1.807) is 0 Å². The smallest absolute Gasteiger partial charge is 0.332 e. The molecule has 0 heterocycles. The van der Waals surface area contributed by atoms with Gasteiger partial charge in [-0.3, -0.25) is 0 Å². The second-order valence-corrected chi connectivity index (χ2v) is 5.71. The molecule has 0 saturated heterocycles. The molecule has 4 atom stereocenters. The standard InChI is InChI=1S/C13H22N2O4/c16-11(12(17)18)3-4-14-13(19)15-7-10-6-8-1-2-9(10)5-8/h8-11,16H,1-7H2,(H,17,18)(H2,14,15,19). The molecule has 2 rings (SSSR count). The molecule has 0 aromatic heterocycles. The lowest BCUT2D eigenvalue weighted by Gasteiger charge is -2.21. The molecule has 2 aliphatic rings. The average molecular weight is 270 g/mol. The summed E-state index contributed by atoms with van der Waals surface area (Å²) in [4.78, 5) is 21.9. The van der Waals surface area contributed by atoms with Crippen LogP contribution in [0.25, 0.3) is 0 Å². The normalized spacial score (nSPS) is 30.1. The molecule has 0 aromatic carbocycles. The first-order chi connectivity index (χ1) is 9.06. The van der Waals surface area contributed by atoms with Gasteiger partial charge in [0.1, 0.15) is 0 Å². The number of carbonyl (C=O) groups is 2. The van der Waals surface area contributed by atoms with Crippen LogP contribution in [0.15, 0.2) is 0 Å². The molecule has 4 N–H and O–H groups in total. The summed E-state index contributed by atoms with van der Waals surface area (Å²) in [6.07, 6.45) is 3.80. The molecular weight excluding hydrogens is 248 g/mol. The lowest BCUT2D eigenvalue weighted by atomic mass is 9.89. The first-order valence-corrected chi connectivity index (χ1v) is 6.99. The van der Waals surface area contributed by atoms with Crippen molar-refractivity contribution in [3.8, 4) is 0 Å². The molecule has 0 radical (unpaired) electrons. The number of fused-ring (bicyclic) bond motifs is 2. The Kier molecular flexibility index (Phi) is 4.63. The van der Waals surface area contributed by atoms with E-state index in [0.717, 1.165) is 11.8 Å². The minimum Gasteiger partial charge on any atom is -0.479 e. The Bertz CT molecular complexity index is 348. The minimum absolute atomic E-state index is 0.0247. The van der Waals surface area contributed by atoms with E-state index in [1.165, 1.54) is 25.7 Å². The number of amides is 2. The number of rotatable bonds is 6. The number of carbonyl (C=O) groups excluding carboxylic acids is 1. The van der Waals surface area contributed by atoms with E-state index in [2.05, 4.69) is 10.6 Å². The maximum Gasteiger partial charge on any atom is 0.332 e. The van der Waals surface area contributed by atoms with Crippen LogP contribution in [0, 0.1) is 17.8 Å². The van der Waals surface area contributed by atoms with E-state index in [1.807, 2.05) is 0 Å². The zero-order chi connectivity index (χ0) is 13.8. The number of aliphatic hydroxyl groups excluding tert-OH is 1. The average Bonchev–Trinajstić information content (AvgIpc) is 2.98. The summed E-state index contributed by atoms with van der Waals surface area (Å²) in [5, 5.41) is 22.9. The summed E-state index contributed by atoms with van der Waals surface area (Å²) in [6.45, 7) is 0.866. The van der Waals surface area contributed by atoms with E-state index in [0.29, 0.717) is 12.5 Å². The van der Waals surface area contributed by atoms with Crippen LogP contribution in [0.1, 0.15) is 32.1 Å². The zero-order valence-electron chi connectivity index (χ0n) is 11.0. The van der Waals surface area contributed by atoms with Crippen LogP contribution in [-0.2, 0) is 4.79 Å². The largest absolute Gasteiger partial charge is 0.479 e. The predicted octanol–water partition coefficient (Wildman–Crippen LogP) is 0.557. The van der Waals surface area contributed by atoms with E-state index >= 15 is 0 Å². The highest BCUT2D eigenvalue weighted by Gasteiger charge is 2.39. The summed E-state index contributed by atoms with van der Waals surface area (Å²) >= 11 is 0. The predicted molar refractivity (Wildman–Crippen MR) is 68.6 cm³/mol. The van der Waals surface area contributed by atoms with E-state index in [4.69, 9.17) is 10.2 Å². The molecule has 19 heavy (non-hydrogen) atoms. The molecule has 2 bridgehead atoms. The van der Waals surface area contributed by atoms with Gasteiger partial charge in [0.2, 0.25) is 0 Å². The minimum atomic E-state index is -1.41. The summed E-state index contributed by atoms with van der Waals surface area (Å²) in [5.74, 6) is 0.989. The molecule has 108 valence electrons. The number of aliphatic carboxylic acids is 1. The van der Waals surface area contributed by atoms with Crippen LogP contribution in [-0.4, -0.2) is 41.4 Å². The van der Waals surface area contributed by atoms with Crippen molar-refractivity contribution in [2.45, 2.75) is 38.2 Å². The Morgan fingerprint density at radius 2 is 2.00 bits per heavy atom. The molecule has 4 unspecified atom stereocenters. The highest BCUT2D eigenvalue weighted by molar-refractivity contribution is 5.74. The molecule has 0 aromatic rings. The first-order valence-electron chi connectivity index (χ1n) is 6.99. The van der Waals surface area contributed by atoms with Crippen LogP contribution < -0.4 is 10.6 Å². The van der Waals surface area contributed by atoms with Gasteiger partial charge in [-0.25, -0.2) is 9.59 Å². The number of carboxylic acids is 1. The third-order valence-electron chi connectivity index (χ3n) is 4.40. The summed E-state index contributed by atoms with van der Waals surface area (Å²) in [5.41, 5.74) is 0. The summed E-state index contributed by atoms with van der Waals surface area (Å²) < 4.78 is 0. The lowest BCUT2D eigenvalue weighted by molar-refractivity contribution is -0.146. The van der Waals surface area contributed by atoms with Gasteiger partial charge in [0, 0.05) is 19.5 Å². The summed E-state index contributed by atoms with van der Waals surface area (Å²) in [6, 6.07) is -0.277.